The Bertz CT molecular complexity index is 2350. The zero-order chi connectivity index (χ0) is 58.4. The van der Waals surface area contributed by atoms with Crippen LogP contribution >= 0.6 is 0 Å². The summed E-state index contributed by atoms with van der Waals surface area (Å²) in [6.45, 7) is 19.6. The Morgan fingerprint density at radius 3 is 1.89 bits per heavy atom. The fraction of sp³-hybridized carbons (Fsp3) is 0.842. The number of esters is 2. The largest absolute Gasteiger partial charge is 0.479 e. The molecule has 4 saturated carbocycles. The van der Waals surface area contributed by atoms with Crippen molar-refractivity contribution >= 4 is 17.9 Å². The van der Waals surface area contributed by atoms with Gasteiger partial charge in [-0.2, -0.15) is 0 Å². The Morgan fingerprint density at radius 1 is 0.684 bits per heavy atom. The van der Waals surface area contributed by atoms with E-state index in [-0.39, 0.29) is 23.7 Å². The van der Waals surface area contributed by atoms with E-state index < -0.39 is 181 Å². The molecule has 8 rings (SSSR count). The highest BCUT2D eigenvalue weighted by Gasteiger charge is 2.74. The van der Waals surface area contributed by atoms with E-state index in [4.69, 9.17) is 37.9 Å². The molecule has 7 fully saturated rings. The predicted octanol–water partition coefficient (Wildman–Crippen LogP) is 1.29. The topological polar surface area (TPSA) is 348 Å². The molecule has 0 spiro atoms. The highest BCUT2D eigenvalue weighted by Crippen LogP contribution is 2.76. The monoisotopic (exact) mass is 1120 g/mol. The maximum atomic E-state index is 13.8. The zero-order valence-corrected chi connectivity index (χ0v) is 47.3. The second kappa shape index (κ2) is 22.5. The summed E-state index contributed by atoms with van der Waals surface area (Å²) in [5.74, 6) is -3.40. The minimum atomic E-state index is -2.10. The summed E-state index contributed by atoms with van der Waals surface area (Å²) in [4.78, 5) is 40.3. The first-order valence-electron chi connectivity index (χ1n) is 28.0. The first-order chi connectivity index (χ1) is 36.9. The SMILES string of the molecule is C/C=C(/C)C(=O)O[C@H]1[C@H](OC(=O)/C(C)=C/C)C(C)(C)C[C@H]2C3=CC[C@@H]4[C@@]5(C)CC[C@H](O[C@@H]6O[C@H](C(=O)O)[C@@H](O)[C@H](O[C@@H]7OC[C@@H](O)[C@H](O)[C@H]7O)[C@H]6O[C@@H]6O[C@H](CO)[C@H](O)[C@H](O)[C@H]6O)C(C)(C)[C@@H]5CC[C@@]4(C)[C@]3(C)C[C@@H](O)[C@]21CO. The number of carbonyl (C=O) groups is 3. The highest BCUT2D eigenvalue weighted by atomic mass is 16.8. The summed E-state index contributed by atoms with van der Waals surface area (Å²) < 4.78 is 49.1. The van der Waals surface area contributed by atoms with Crippen molar-refractivity contribution in [2.24, 2.45) is 50.2 Å². The van der Waals surface area contributed by atoms with Gasteiger partial charge in [-0.1, -0.05) is 72.3 Å². The Morgan fingerprint density at radius 2 is 1.29 bits per heavy atom. The van der Waals surface area contributed by atoms with E-state index in [0.29, 0.717) is 49.7 Å². The molecule has 3 aliphatic heterocycles. The molecule has 11 N–H and O–H groups in total. The van der Waals surface area contributed by atoms with E-state index in [1.807, 2.05) is 13.8 Å². The summed E-state index contributed by atoms with van der Waals surface area (Å²) >= 11 is 0. The van der Waals surface area contributed by atoms with Gasteiger partial charge in [0.05, 0.1) is 37.4 Å². The standard InChI is InChI=1S/C57H88O22/c1-12-25(3)47(70)78-44-45(79-48(71)26(4)13-2)57(24-59)28(20-52(44,5)6)27-14-15-32-54(9)18-17-34(53(7,8)31(54)16-19-55(32,10)56(27,11)21-33(57)61)74-51-43(77-50-39(66)37(64)36(63)30(22-58)73-50)41(40(67)42(76-51)46(68)69)75-49-38(65)35(62)29(60)23-72-49/h12-14,28-45,49-51,58-67H,15-24H2,1-11H3,(H,68,69)/b25-12+,26-13-/t28-,29+,30+,31-,32+,33+,34-,35-,36-,37-,38+,39+,40-,41-,42-,43+,44-,45-,49-,50-,51+,54-,55+,56+,57-/m0/s1. The molecular formula is C57H88O22. The molecule has 0 amide bonds. The lowest BCUT2D eigenvalue weighted by molar-refractivity contribution is -0.392. The number of hydrogen-bond donors (Lipinski definition) is 11. The smallest absolute Gasteiger partial charge is 0.335 e. The van der Waals surface area contributed by atoms with Gasteiger partial charge in [0.2, 0.25) is 0 Å². The average Bonchev–Trinajstić information content (AvgIpc) is 3.51. The lowest BCUT2D eigenvalue weighted by Gasteiger charge is -2.72. The van der Waals surface area contributed by atoms with Gasteiger partial charge < -0.3 is 94.1 Å². The van der Waals surface area contributed by atoms with E-state index in [0.717, 1.165) is 5.57 Å². The van der Waals surface area contributed by atoms with Crippen LogP contribution in [0.4, 0.5) is 0 Å². The van der Waals surface area contributed by atoms with Crippen LogP contribution in [-0.2, 0) is 52.3 Å². The molecule has 0 aromatic heterocycles. The second-order valence-electron chi connectivity index (χ2n) is 26.0. The van der Waals surface area contributed by atoms with Crippen LogP contribution in [0.5, 0.6) is 0 Å². The molecule has 0 radical (unpaired) electrons. The van der Waals surface area contributed by atoms with Gasteiger partial charge in [0.15, 0.2) is 31.1 Å². The van der Waals surface area contributed by atoms with Crippen LogP contribution in [0.1, 0.15) is 121 Å². The third kappa shape index (κ3) is 10.1. The van der Waals surface area contributed by atoms with Crippen LogP contribution in [0.25, 0.3) is 0 Å². The van der Waals surface area contributed by atoms with Crippen molar-refractivity contribution in [2.45, 2.75) is 232 Å². The zero-order valence-electron chi connectivity index (χ0n) is 47.3. The molecule has 0 aromatic rings. The molecule has 22 nitrogen and oxygen atoms in total. The number of carbonyl (C=O) groups excluding carboxylic acids is 2. The number of hydrogen-bond acceptors (Lipinski definition) is 21. The Balaban J connectivity index is 1.12. The lowest BCUT2D eigenvalue weighted by Crippen LogP contribution is -2.72. The molecule has 79 heavy (non-hydrogen) atoms. The molecule has 448 valence electrons. The second-order valence-corrected chi connectivity index (χ2v) is 26.0. The van der Waals surface area contributed by atoms with E-state index in [9.17, 15) is 70.6 Å². The van der Waals surface area contributed by atoms with E-state index >= 15 is 0 Å². The third-order valence-electron chi connectivity index (χ3n) is 21.2. The Labute approximate surface area is 461 Å². The molecule has 25 atom stereocenters. The Hall–Kier alpha value is -3.01. The Kier molecular flexibility index (Phi) is 17.7. The van der Waals surface area contributed by atoms with Gasteiger partial charge in [-0.05, 0) is 112 Å². The number of carboxylic acid groups (broad SMARTS) is 1. The van der Waals surface area contributed by atoms with Crippen molar-refractivity contribution in [1.82, 2.24) is 0 Å². The van der Waals surface area contributed by atoms with Gasteiger partial charge in [0.1, 0.15) is 67.1 Å². The summed E-state index contributed by atoms with van der Waals surface area (Å²) in [6, 6.07) is 0. The van der Waals surface area contributed by atoms with Crippen LogP contribution in [-0.4, -0.2) is 204 Å². The van der Waals surface area contributed by atoms with Crippen molar-refractivity contribution in [3.05, 3.63) is 34.9 Å². The first kappa shape index (κ1) is 62.0. The van der Waals surface area contributed by atoms with Gasteiger partial charge in [-0.3, -0.25) is 0 Å². The molecule has 3 heterocycles. The van der Waals surface area contributed by atoms with Gasteiger partial charge in [0.25, 0.3) is 0 Å². The summed E-state index contributed by atoms with van der Waals surface area (Å²) in [5.41, 5.74) is -2.71. The predicted molar refractivity (Wildman–Crippen MR) is 275 cm³/mol. The number of aliphatic carboxylic acids is 1. The van der Waals surface area contributed by atoms with Crippen molar-refractivity contribution in [2.75, 3.05) is 19.8 Å². The van der Waals surface area contributed by atoms with Gasteiger partial charge in [-0.15, -0.1) is 0 Å². The third-order valence-corrected chi connectivity index (χ3v) is 21.2. The molecule has 5 aliphatic carbocycles. The maximum Gasteiger partial charge on any atom is 0.335 e. The number of allylic oxidation sites excluding steroid dienone is 4. The number of carboxylic acids is 1. The minimum absolute atomic E-state index is 0.0231. The average molecular weight is 1130 g/mol. The van der Waals surface area contributed by atoms with Crippen LogP contribution < -0.4 is 0 Å². The van der Waals surface area contributed by atoms with Crippen molar-refractivity contribution in [1.29, 1.82) is 0 Å². The fourth-order valence-corrected chi connectivity index (χ4v) is 16.1. The van der Waals surface area contributed by atoms with E-state index in [2.05, 4.69) is 40.7 Å². The summed E-state index contributed by atoms with van der Waals surface area (Å²) in [5, 5.41) is 121. The van der Waals surface area contributed by atoms with Crippen molar-refractivity contribution < 1.29 is 108 Å². The van der Waals surface area contributed by atoms with Gasteiger partial charge >= 0.3 is 17.9 Å². The van der Waals surface area contributed by atoms with Crippen molar-refractivity contribution in [3.8, 4) is 0 Å². The molecular weight excluding hydrogens is 1040 g/mol. The molecule has 8 aliphatic rings. The number of fused-ring (bicyclic) bond motifs is 7. The highest BCUT2D eigenvalue weighted by molar-refractivity contribution is 5.89. The number of ether oxygens (including phenoxy) is 8. The molecule has 0 aromatic carbocycles. The molecule has 22 heteroatoms. The maximum absolute atomic E-state index is 13.8. The van der Waals surface area contributed by atoms with Crippen LogP contribution in [0.15, 0.2) is 34.9 Å². The minimum Gasteiger partial charge on any atom is -0.479 e. The number of aliphatic hydroxyl groups excluding tert-OH is 10. The summed E-state index contributed by atoms with van der Waals surface area (Å²) in [6.07, 6.45) is -20.6. The summed E-state index contributed by atoms with van der Waals surface area (Å²) in [7, 11) is 0. The number of rotatable bonds is 13. The quantitative estimate of drug-likeness (QED) is 0.0536. The molecule has 0 bridgehead atoms. The van der Waals surface area contributed by atoms with Crippen LogP contribution in [0.3, 0.4) is 0 Å². The molecule has 3 saturated heterocycles. The van der Waals surface area contributed by atoms with E-state index in [1.54, 1.807) is 39.8 Å². The number of aliphatic hydroxyl groups is 10. The van der Waals surface area contributed by atoms with Crippen LogP contribution in [0.2, 0.25) is 0 Å². The molecule has 0 unspecified atom stereocenters. The van der Waals surface area contributed by atoms with E-state index in [1.165, 1.54) is 0 Å². The fourth-order valence-electron chi connectivity index (χ4n) is 16.1. The van der Waals surface area contributed by atoms with Crippen LogP contribution in [0, 0.1) is 50.2 Å². The van der Waals surface area contributed by atoms with Gasteiger partial charge in [-0.25, -0.2) is 14.4 Å². The van der Waals surface area contributed by atoms with Crippen molar-refractivity contribution in [3.63, 3.8) is 0 Å². The normalized spacial score (nSPS) is 48.7. The van der Waals surface area contributed by atoms with Gasteiger partial charge in [0, 0.05) is 16.6 Å². The lowest BCUT2D eigenvalue weighted by atomic mass is 9.33. The first-order valence-corrected chi connectivity index (χ1v) is 28.0.